The lowest BCUT2D eigenvalue weighted by atomic mass is 10.1. The minimum absolute atomic E-state index is 0.0521. The predicted octanol–water partition coefficient (Wildman–Crippen LogP) is 1.44. The Kier molecular flexibility index (Phi) is 3.10. The van der Waals surface area contributed by atoms with Crippen LogP contribution in [0.5, 0.6) is 0 Å². The number of aromatic nitrogens is 2. The molecule has 0 saturated heterocycles. The van der Waals surface area contributed by atoms with E-state index in [2.05, 4.69) is 10.2 Å². The minimum atomic E-state index is -3.67. The summed E-state index contributed by atoms with van der Waals surface area (Å²) in [6.45, 7) is 0. The van der Waals surface area contributed by atoms with Crippen LogP contribution in [0.3, 0.4) is 0 Å². The molecule has 1 aromatic carbocycles. The van der Waals surface area contributed by atoms with Gasteiger partial charge in [-0.05, 0) is 18.2 Å². The molecular weight excluding hydrogens is 262 g/mol. The smallest absolute Gasteiger partial charge is 0.225 e. The number of hydrogen-bond donors (Lipinski definition) is 1. The van der Waals surface area contributed by atoms with Crippen molar-refractivity contribution in [2.75, 3.05) is 0 Å². The van der Waals surface area contributed by atoms with Gasteiger partial charge >= 0.3 is 0 Å². The highest BCUT2D eigenvalue weighted by Crippen LogP contribution is 2.20. The number of nitrogens with two attached hydrogens (primary N) is 1. The van der Waals surface area contributed by atoms with Crippen molar-refractivity contribution < 1.29 is 8.42 Å². The maximum Gasteiger partial charge on any atom is 0.238 e. The summed E-state index contributed by atoms with van der Waals surface area (Å²) in [4.78, 5) is 0.0521. The molecule has 0 unspecified atom stereocenters. The Hall–Kier alpha value is -1.50. The van der Waals surface area contributed by atoms with E-state index in [0.717, 1.165) is 0 Å². The van der Waals surface area contributed by atoms with Gasteiger partial charge in [0.2, 0.25) is 10.0 Å². The largest absolute Gasteiger partial charge is 0.238 e. The number of primary sulfonamides is 1. The van der Waals surface area contributed by atoms with Gasteiger partial charge in [0, 0.05) is 5.56 Å². The Balaban J connectivity index is 2.43. The van der Waals surface area contributed by atoms with Crippen molar-refractivity contribution in [3.05, 3.63) is 41.6 Å². The summed E-state index contributed by atoms with van der Waals surface area (Å²) in [5.74, 6) is 0. The lowest BCUT2D eigenvalue weighted by Gasteiger charge is -2.02. The molecule has 17 heavy (non-hydrogen) atoms. The second-order valence-corrected chi connectivity index (χ2v) is 5.33. The van der Waals surface area contributed by atoms with Crippen molar-refractivity contribution in [1.29, 1.82) is 0 Å². The first-order chi connectivity index (χ1) is 7.97. The fraction of sp³-hybridized carbons (Fsp3) is 0. The van der Waals surface area contributed by atoms with Gasteiger partial charge in [-0.1, -0.05) is 23.7 Å². The fourth-order valence-electron chi connectivity index (χ4n) is 1.30. The van der Waals surface area contributed by atoms with E-state index in [-0.39, 0.29) is 4.90 Å². The van der Waals surface area contributed by atoms with E-state index in [4.69, 9.17) is 16.7 Å². The predicted molar refractivity (Wildman–Crippen MR) is 63.9 cm³/mol. The standard InChI is InChI=1S/C10H8ClN3O2S/c11-8-5-10(14-13-6-8)7-1-3-9(4-2-7)17(12,15)16/h1-6H,(H2,12,15,16). The first-order valence-corrected chi connectivity index (χ1v) is 6.51. The van der Waals surface area contributed by atoms with E-state index >= 15 is 0 Å². The van der Waals surface area contributed by atoms with Gasteiger partial charge in [-0.25, -0.2) is 13.6 Å². The zero-order chi connectivity index (χ0) is 12.5. The lowest BCUT2D eigenvalue weighted by molar-refractivity contribution is 0.598. The summed E-state index contributed by atoms with van der Waals surface area (Å²) in [6.07, 6.45) is 1.42. The molecule has 0 spiro atoms. The second-order valence-electron chi connectivity index (χ2n) is 3.33. The Morgan fingerprint density at radius 1 is 1.18 bits per heavy atom. The van der Waals surface area contributed by atoms with Crippen LogP contribution in [0.1, 0.15) is 0 Å². The van der Waals surface area contributed by atoms with Gasteiger partial charge in [-0.2, -0.15) is 10.2 Å². The second kappa shape index (κ2) is 4.40. The maximum atomic E-state index is 11.1. The molecule has 0 radical (unpaired) electrons. The Morgan fingerprint density at radius 2 is 1.82 bits per heavy atom. The molecule has 0 saturated carbocycles. The van der Waals surface area contributed by atoms with Gasteiger partial charge in [0.1, 0.15) is 0 Å². The van der Waals surface area contributed by atoms with Gasteiger partial charge in [-0.3, -0.25) is 0 Å². The van der Waals surface area contributed by atoms with Crippen LogP contribution in [0.4, 0.5) is 0 Å². The molecule has 0 fully saturated rings. The molecule has 1 aromatic heterocycles. The summed E-state index contributed by atoms with van der Waals surface area (Å²) in [5.41, 5.74) is 1.28. The number of rotatable bonds is 2. The van der Waals surface area contributed by atoms with E-state index in [0.29, 0.717) is 16.3 Å². The molecular formula is C10H8ClN3O2S. The van der Waals surface area contributed by atoms with Crippen molar-refractivity contribution in [3.63, 3.8) is 0 Å². The van der Waals surface area contributed by atoms with E-state index in [1.54, 1.807) is 18.2 Å². The van der Waals surface area contributed by atoms with Gasteiger partial charge < -0.3 is 0 Å². The lowest BCUT2D eigenvalue weighted by Crippen LogP contribution is -2.11. The third-order valence-corrected chi connectivity index (χ3v) is 3.24. The zero-order valence-corrected chi connectivity index (χ0v) is 10.1. The Bertz CT molecular complexity index is 641. The Labute approximate surface area is 103 Å². The van der Waals surface area contributed by atoms with Gasteiger partial charge in [0.05, 0.1) is 21.8 Å². The maximum absolute atomic E-state index is 11.1. The van der Waals surface area contributed by atoms with E-state index < -0.39 is 10.0 Å². The summed E-state index contributed by atoms with van der Waals surface area (Å²) < 4.78 is 22.1. The van der Waals surface area contributed by atoms with Gasteiger partial charge in [-0.15, -0.1) is 0 Å². The SMILES string of the molecule is NS(=O)(=O)c1ccc(-c2cc(Cl)cnn2)cc1. The van der Waals surface area contributed by atoms with Gasteiger partial charge in [0.25, 0.3) is 0 Å². The molecule has 5 nitrogen and oxygen atoms in total. The number of halogens is 1. The minimum Gasteiger partial charge on any atom is -0.225 e. The summed E-state index contributed by atoms with van der Waals surface area (Å²) >= 11 is 5.78. The topological polar surface area (TPSA) is 85.9 Å². The van der Waals surface area contributed by atoms with E-state index in [9.17, 15) is 8.42 Å². The van der Waals surface area contributed by atoms with Crippen molar-refractivity contribution in [2.45, 2.75) is 4.90 Å². The molecule has 1 heterocycles. The number of benzene rings is 1. The molecule has 0 atom stereocenters. The Morgan fingerprint density at radius 3 is 2.35 bits per heavy atom. The molecule has 2 rings (SSSR count). The van der Waals surface area contributed by atoms with Crippen LogP contribution in [0.2, 0.25) is 5.02 Å². The van der Waals surface area contributed by atoms with E-state index in [1.807, 2.05) is 0 Å². The van der Waals surface area contributed by atoms with Crippen molar-refractivity contribution >= 4 is 21.6 Å². The van der Waals surface area contributed by atoms with Crippen LogP contribution in [0, 0.1) is 0 Å². The molecule has 0 aliphatic carbocycles. The third-order valence-electron chi connectivity index (χ3n) is 2.10. The molecule has 7 heteroatoms. The van der Waals surface area contributed by atoms with Crippen molar-refractivity contribution in [3.8, 4) is 11.3 Å². The summed E-state index contributed by atoms with van der Waals surface area (Å²) in [5, 5.41) is 13.0. The highest BCUT2D eigenvalue weighted by molar-refractivity contribution is 7.89. The number of nitrogens with zero attached hydrogens (tertiary/aromatic N) is 2. The van der Waals surface area contributed by atoms with Crippen LogP contribution in [-0.4, -0.2) is 18.6 Å². The van der Waals surface area contributed by atoms with Crippen molar-refractivity contribution in [1.82, 2.24) is 10.2 Å². The van der Waals surface area contributed by atoms with Crippen LogP contribution >= 0.6 is 11.6 Å². The highest BCUT2D eigenvalue weighted by Gasteiger charge is 2.08. The summed E-state index contributed by atoms with van der Waals surface area (Å²) in [7, 11) is -3.67. The van der Waals surface area contributed by atoms with Crippen LogP contribution in [0.15, 0.2) is 41.4 Å². The molecule has 0 aliphatic heterocycles. The number of hydrogen-bond acceptors (Lipinski definition) is 4. The monoisotopic (exact) mass is 269 g/mol. The molecule has 0 aliphatic rings. The van der Waals surface area contributed by atoms with E-state index in [1.165, 1.54) is 18.3 Å². The quantitative estimate of drug-likeness (QED) is 0.894. The summed E-state index contributed by atoms with van der Waals surface area (Å²) in [6, 6.07) is 7.65. The van der Waals surface area contributed by atoms with Crippen molar-refractivity contribution in [2.24, 2.45) is 5.14 Å². The molecule has 2 N–H and O–H groups in total. The van der Waals surface area contributed by atoms with Crippen LogP contribution in [-0.2, 0) is 10.0 Å². The molecule has 88 valence electrons. The van der Waals surface area contributed by atoms with Crippen LogP contribution < -0.4 is 5.14 Å². The van der Waals surface area contributed by atoms with Gasteiger partial charge in [0.15, 0.2) is 0 Å². The zero-order valence-electron chi connectivity index (χ0n) is 8.54. The molecule has 0 amide bonds. The van der Waals surface area contributed by atoms with Crippen LogP contribution in [0.25, 0.3) is 11.3 Å². The first kappa shape index (κ1) is 12.0. The molecule has 2 aromatic rings. The fourth-order valence-corrected chi connectivity index (χ4v) is 1.96. The first-order valence-electron chi connectivity index (χ1n) is 4.58. The third kappa shape index (κ3) is 2.79. The average Bonchev–Trinajstić information content (AvgIpc) is 2.28. The number of sulfonamides is 1. The highest BCUT2D eigenvalue weighted by atomic mass is 35.5. The normalized spacial score (nSPS) is 11.4. The average molecular weight is 270 g/mol. The molecule has 0 bridgehead atoms.